The molecule has 36 heavy (non-hydrogen) atoms. The average molecular weight is 481 g/mol. The zero-order valence-corrected chi connectivity index (χ0v) is 20.1. The maximum atomic E-state index is 13.4. The average Bonchev–Trinajstić information content (AvgIpc) is 3.12. The lowest BCUT2D eigenvalue weighted by molar-refractivity contribution is 0.331. The topological polar surface area (TPSA) is 79.8 Å². The van der Waals surface area contributed by atoms with E-state index in [-0.39, 0.29) is 5.82 Å². The first kappa shape index (κ1) is 22.2. The largest absolute Gasteiger partial charge is 0.491 e. The van der Waals surface area contributed by atoms with Crippen molar-refractivity contribution in [2.75, 3.05) is 18.1 Å². The molecule has 0 atom stereocenters. The van der Waals surface area contributed by atoms with Crippen molar-refractivity contribution in [3.8, 4) is 16.9 Å². The highest BCUT2D eigenvalue weighted by molar-refractivity contribution is 5.78. The molecule has 0 fully saturated rings. The molecule has 0 amide bonds. The third-order valence-electron chi connectivity index (χ3n) is 6.56. The number of rotatable bonds is 4. The molecule has 0 bridgehead atoms. The van der Waals surface area contributed by atoms with Crippen molar-refractivity contribution in [2.24, 2.45) is 0 Å². The molecule has 0 spiro atoms. The summed E-state index contributed by atoms with van der Waals surface area (Å²) < 4.78 is 19.5. The number of benzene rings is 2. The van der Waals surface area contributed by atoms with Crippen LogP contribution in [0.2, 0.25) is 0 Å². The van der Waals surface area contributed by atoms with E-state index in [9.17, 15) is 4.39 Å². The van der Waals surface area contributed by atoms with Gasteiger partial charge in [0.05, 0.1) is 12.1 Å². The Labute approximate surface area is 208 Å². The molecule has 0 radical (unpaired) electrons. The molecule has 3 aromatic heterocycles. The van der Waals surface area contributed by atoms with Crippen LogP contribution in [-0.2, 0) is 13.0 Å². The van der Waals surface area contributed by atoms with Crippen LogP contribution in [0, 0.1) is 19.7 Å². The van der Waals surface area contributed by atoms with Gasteiger partial charge in [-0.05, 0) is 55.3 Å². The van der Waals surface area contributed by atoms with Gasteiger partial charge in [0.15, 0.2) is 5.65 Å². The lowest BCUT2D eigenvalue weighted by atomic mass is 10.0. The van der Waals surface area contributed by atoms with Crippen molar-refractivity contribution < 1.29 is 9.13 Å². The molecule has 8 heteroatoms. The molecule has 180 valence electrons. The third kappa shape index (κ3) is 4.26. The third-order valence-corrected chi connectivity index (χ3v) is 6.56. The summed E-state index contributed by atoms with van der Waals surface area (Å²) in [5.41, 5.74) is 7.75. The second kappa shape index (κ2) is 9.03. The number of H-pyrrole nitrogens is 1. The fraction of sp³-hybridized carbons (Fsp3) is 0.214. The number of aryl methyl sites for hydroxylation is 2. The maximum absolute atomic E-state index is 13.4. The summed E-state index contributed by atoms with van der Waals surface area (Å²) in [6, 6.07) is 14.9. The molecule has 6 rings (SSSR count). The molecule has 1 N–H and O–H groups in total. The van der Waals surface area contributed by atoms with E-state index < -0.39 is 0 Å². The van der Waals surface area contributed by atoms with Gasteiger partial charge in [0.25, 0.3) is 0 Å². The first-order valence-electron chi connectivity index (χ1n) is 11.9. The number of nitrogens with zero attached hydrogens (tertiary/aromatic N) is 5. The quantitative estimate of drug-likeness (QED) is 0.383. The minimum absolute atomic E-state index is 0.242. The molecule has 1 aliphatic heterocycles. The van der Waals surface area contributed by atoms with Gasteiger partial charge in [-0.15, -0.1) is 0 Å². The highest BCUT2D eigenvalue weighted by Crippen LogP contribution is 2.32. The molecule has 0 aliphatic carbocycles. The van der Waals surface area contributed by atoms with Gasteiger partial charge in [-0.1, -0.05) is 18.2 Å². The van der Waals surface area contributed by atoms with Gasteiger partial charge < -0.3 is 14.6 Å². The molecule has 0 unspecified atom stereocenters. The highest BCUT2D eigenvalue weighted by Gasteiger charge is 2.21. The normalized spacial score (nSPS) is 13.4. The van der Waals surface area contributed by atoms with E-state index in [0.717, 1.165) is 56.4 Å². The fourth-order valence-corrected chi connectivity index (χ4v) is 4.71. The van der Waals surface area contributed by atoms with Crippen LogP contribution >= 0.6 is 0 Å². The number of aromatic amines is 1. The fourth-order valence-electron chi connectivity index (χ4n) is 4.71. The monoisotopic (exact) mass is 480 g/mol. The van der Waals surface area contributed by atoms with Gasteiger partial charge in [-0.25, -0.2) is 24.3 Å². The molecule has 1 aliphatic rings. The summed E-state index contributed by atoms with van der Waals surface area (Å²) in [4.78, 5) is 23.5. The number of halogens is 1. The molecule has 7 nitrogen and oxygen atoms in total. The lowest BCUT2D eigenvalue weighted by Crippen LogP contribution is -2.28. The van der Waals surface area contributed by atoms with Gasteiger partial charge in [0.2, 0.25) is 0 Å². The second-order valence-electron chi connectivity index (χ2n) is 9.07. The number of ether oxygens (including phenoxy) is 1. The summed E-state index contributed by atoms with van der Waals surface area (Å²) in [6.45, 7) is 5.80. The van der Waals surface area contributed by atoms with Gasteiger partial charge in [-0.3, -0.25) is 0 Å². The van der Waals surface area contributed by atoms with Crippen LogP contribution in [0.5, 0.6) is 5.75 Å². The molecular weight excluding hydrogens is 455 g/mol. The number of pyridine rings is 1. The van der Waals surface area contributed by atoms with E-state index in [2.05, 4.69) is 48.0 Å². The zero-order valence-electron chi connectivity index (χ0n) is 20.1. The minimum atomic E-state index is -0.242. The number of hydrogen-bond acceptors (Lipinski definition) is 6. The molecular formula is C28H25FN6O. The summed E-state index contributed by atoms with van der Waals surface area (Å²) in [6.07, 6.45) is 4.09. The number of hydrogen-bond donors (Lipinski definition) is 1. The number of imidazole rings is 1. The molecule has 0 saturated carbocycles. The standard InChI is InChI=1S/C28H25FN6O/c1-17-24(11-19-3-6-23(29)7-4-19)28(32-16-31-17)35-9-10-36-26-8-5-20(12-22(26)15-35)21-13-25-27(30-14-21)34-18(2)33-25/h3-8,12-14,16H,9-11,15H2,1-2H3,(H,30,33,34). The summed E-state index contributed by atoms with van der Waals surface area (Å²) in [5.74, 6) is 2.36. The second-order valence-corrected chi connectivity index (χ2v) is 9.07. The van der Waals surface area contributed by atoms with Crippen molar-refractivity contribution in [3.05, 3.63) is 95.1 Å². The van der Waals surface area contributed by atoms with Gasteiger partial charge in [-0.2, -0.15) is 0 Å². The highest BCUT2D eigenvalue weighted by atomic mass is 19.1. The van der Waals surface area contributed by atoms with Crippen molar-refractivity contribution in [2.45, 2.75) is 26.8 Å². The SMILES string of the molecule is Cc1nc2ncc(-c3ccc4c(c3)CN(c3ncnc(C)c3Cc3ccc(F)cc3)CCO4)cc2[nH]1. The Hall–Kier alpha value is -4.33. The van der Waals surface area contributed by atoms with Crippen LogP contribution in [0.15, 0.2) is 61.1 Å². The maximum Gasteiger partial charge on any atom is 0.177 e. The van der Waals surface area contributed by atoms with Crippen molar-refractivity contribution in [3.63, 3.8) is 0 Å². The van der Waals surface area contributed by atoms with E-state index in [0.29, 0.717) is 31.8 Å². The van der Waals surface area contributed by atoms with Crippen LogP contribution in [0.3, 0.4) is 0 Å². The Morgan fingerprint density at radius 3 is 2.72 bits per heavy atom. The van der Waals surface area contributed by atoms with E-state index in [1.54, 1.807) is 6.33 Å². The Balaban J connectivity index is 1.34. The predicted octanol–water partition coefficient (Wildman–Crippen LogP) is 5.16. The first-order valence-corrected chi connectivity index (χ1v) is 11.9. The number of nitrogens with one attached hydrogen (secondary N) is 1. The lowest BCUT2D eigenvalue weighted by Gasteiger charge is -2.24. The summed E-state index contributed by atoms with van der Waals surface area (Å²) >= 11 is 0. The smallest absolute Gasteiger partial charge is 0.177 e. The Morgan fingerprint density at radius 1 is 1.00 bits per heavy atom. The molecule has 5 aromatic rings. The van der Waals surface area contributed by atoms with Crippen LogP contribution in [0.1, 0.15) is 28.2 Å². The van der Waals surface area contributed by atoms with E-state index in [4.69, 9.17) is 4.74 Å². The number of fused-ring (bicyclic) bond motifs is 2. The minimum Gasteiger partial charge on any atom is -0.491 e. The van der Waals surface area contributed by atoms with Crippen LogP contribution in [0.4, 0.5) is 10.2 Å². The Kier molecular flexibility index (Phi) is 5.56. The van der Waals surface area contributed by atoms with Gasteiger partial charge in [0, 0.05) is 41.5 Å². The Bertz CT molecular complexity index is 1560. The van der Waals surface area contributed by atoms with E-state index in [1.165, 1.54) is 12.1 Å². The van der Waals surface area contributed by atoms with E-state index in [1.807, 2.05) is 38.2 Å². The van der Waals surface area contributed by atoms with Gasteiger partial charge in [0.1, 0.15) is 36.1 Å². The first-order chi connectivity index (χ1) is 17.5. The van der Waals surface area contributed by atoms with Crippen molar-refractivity contribution >= 4 is 17.0 Å². The molecule has 4 heterocycles. The molecule has 2 aromatic carbocycles. The molecule has 0 saturated heterocycles. The van der Waals surface area contributed by atoms with Crippen molar-refractivity contribution in [1.82, 2.24) is 24.9 Å². The van der Waals surface area contributed by atoms with Crippen LogP contribution < -0.4 is 9.64 Å². The predicted molar refractivity (Wildman–Crippen MR) is 137 cm³/mol. The van der Waals surface area contributed by atoms with Crippen molar-refractivity contribution in [1.29, 1.82) is 0 Å². The Morgan fingerprint density at radius 2 is 1.86 bits per heavy atom. The number of anilines is 1. The number of aromatic nitrogens is 5. The van der Waals surface area contributed by atoms with Gasteiger partial charge >= 0.3 is 0 Å². The van der Waals surface area contributed by atoms with E-state index >= 15 is 0 Å². The summed E-state index contributed by atoms with van der Waals surface area (Å²) in [5, 5.41) is 0. The summed E-state index contributed by atoms with van der Waals surface area (Å²) in [7, 11) is 0. The zero-order chi connectivity index (χ0) is 24.6. The van der Waals surface area contributed by atoms with Crippen LogP contribution in [-0.4, -0.2) is 38.1 Å². The van der Waals surface area contributed by atoms with Crippen LogP contribution in [0.25, 0.3) is 22.3 Å².